The van der Waals surface area contributed by atoms with Crippen LogP contribution < -0.4 is 5.32 Å². The number of benzene rings is 2. The van der Waals surface area contributed by atoms with Gasteiger partial charge in [0.15, 0.2) is 0 Å². The molecule has 2 rings (SSSR count). The molecule has 1 nitrogen and oxygen atoms in total. The van der Waals surface area contributed by atoms with Gasteiger partial charge >= 0.3 is 0 Å². The predicted octanol–water partition coefficient (Wildman–Crippen LogP) is 4.96. The lowest BCUT2D eigenvalue weighted by atomic mass is 10.1. The topological polar surface area (TPSA) is 12.0 Å². The number of aryl methyl sites for hydroxylation is 1. The second-order valence-corrected chi connectivity index (χ2v) is 6.12. The molecule has 2 aromatic rings. The van der Waals surface area contributed by atoms with Crippen molar-refractivity contribution in [3.05, 3.63) is 65.2 Å². The lowest BCUT2D eigenvalue weighted by Crippen LogP contribution is -2.17. The monoisotopic (exact) mass is 285 g/mol. The molecule has 0 amide bonds. The standard InChI is InChI=1S/C18H23NS/c1-4-19-15(3)16-10-7-11-18(12-16)20-13-17-9-6-5-8-14(17)2/h5-12,15,19H,4,13H2,1-3H3. The molecule has 1 unspecified atom stereocenters. The van der Waals surface area contributed by atoms with Gasteiger partial charge in [-0.3, -0.25) is 0 Å². The molecule has 0 aliphatic heterocycles. The molecule has 0 spiro atoms. The SMILES string of the molecule is CCNC(C)c1cccc(SCc2ccccc2C)c1. The average Bonchev–Trinajstić information content (AvgIpc) is 2.47. The van der Waals surface area contributed by atoms with Crippen LogP contribution in [0, 0.1) is 6.92 Å². The Bertz CT molecular complexity index is 551. The first-order chi connectivity index (χ1) is 9.70. The quantitative estimate of drug-likeness (QED) is 0.753. The van der Waals surface area contributed by atoms with E-state index in [-0.39, 0.29) is 0 Å². The van der Waals surface area contributed by atoms with Crippen molar-refractivity contribution in [1.29, 1.82) is 0 Å². The fraction of sp³-hybridized carbons (Fsp3) is 0.333. The molecule has 2 heteroatoms. The zero-order chi connectivity index (χ0) is 14.4. The van der Waals surface area contributed by atoms with Crippen LogP contribution in [0.1, 0.15) is 36.6 Å². The first kappa shape index (κ1) is 15.1. The van der Waals surface area contributed by atoms with Crippen LogP contribution in [0.5, 0.6) is 0 Å². The summed E-state index contributed by atoms with van der Waals surface area (Å²) in [4.78, 5) is 1.34. The molecule has 0 bridgehead atoms. The van der Waals surface area contributed by atoms with Crippen molar-refractivity contribution in [3.8, 4) is 0 Å². The Kier molecular flexibility index (Phi) is 5.69. The van der Waals surface area contributed by atoms with Crippen LogP contribution in [-0.4, -0.2) is 6.54 Å². The van der Waals surface area contributed by atoms with Gasteiger partial charge in [-0.15, -0.1) is 11.8 Å². The fourth-order valence-corrected chi connectivity index (χ4v) is 3.27. The second kappa shape index (κ2) is 7.51. The lowest BCUT2D eigenvalue weighted by molar-refractivity contribution is 0.597. The summed E-state index contributed by atoms with van der Waals surface area (Å²) < 4.78 is 0. The van der Waals surface area contributed by atoms with Crippen LogP contribution >= 0.6 is 11.8 Å². The summed E-state index contributed by atoms with van der Waals surface area (Å²) in [6.07, 6.45) is 0. The van der Waals surface area contributed by atoms with Gasteiger partial charge in [-0.1, -0.05) is 43.3 Å². The Labute approximate surface area is 126 Å². The maximum absolute atomic E-state index is 3.46. The van der Waals surface area contributed by atoms with Crippen molar-refractivity contribution in [2.45, 2.75) is 37.5 Å². The fourth-order valence-electron chi connectivity index (χ4n) is 2.23. The highest BCUT2D eigenvalue weighted by atomic mass is 32.2. The maximum atomic E-state index is 3.46. The minimum atomic E-state index is 0.416. The van der Waals surface area contributed by atoms with Gasteiger partial charge in [0.1, 0.15) is 0 Å². The Morgan fingerprint density at radius 1 is 1.10 bits per heavy atom. The molecule has 0 aromatic heterocycles. The molecule has 0 radical (unpaired) electrons. The molecular weight excluding hydrogens is 262 g/mol. The molecule has 106 valence electrons. The highest BCUT2D eigenvalue weighted by Crippen LogP contribution is 2.26. The van der Waals surface area contributed by atoms with Gasteiger partial charge < -0.3 is 5.32 Å². The molecule has 1 N–H and O–H groups in total. The van der Waals surface area contributed by atoms with E-state index < -0.39 is 0 Å². The van der Waals surface area contributed by atoms with Crippen molar-refractivity contribution in [3.63, 3.8) is 0 Å². The van der Waals surface area contributed by atoms with Crippen LogP contribution in [0.2, 0.25) is 0 Å². The van der Waals surface area contributed by atoms with Crippen LogP contribution in [0.4, 0.5) is 0 Å². The third-order valence-electron chi connectivity index (χ3n) is 3.52. The molecule has 0 fully saturated rings. The van der Waals surface area contributed by atoms with E-state index in [4.69, 9.17) is 0 Å². The van der Waals surface area contributed by atoms with Gasteiger partial charge in [0, 0.05) is 16.7 Å². The molecule has 1 atom stereocenters. The Hall–Kier alpha value is -1.25. The molecule has 0 saturated heterocycles. The van der Waals surface area contributed by atoms with Crippen LogP contribution in [-0.2, 0) is 5.75 Å². The summed E-state index contributed by atoms with van der Waals surface area (Å²) >= 11 is 1.91. The minimum Gasteiger partial charge on any atom is -0.310 e. The Balaban J connectivity index is 2.03. The zero-order valence-electron chi connectivity index (χ0n) is 12.5. The third kappa shape index (κ3) is 4.12. The van der Waals surface area contributed by atoms with Gasteiger partial charge in [-0.05, 0) is 49.2 Å². The summed E-state index contributed by atoms with van der Waals surface area (Å²) in [5, 5.41) is 3.46. The first-order valence-corrected chi connectivity index (χ1v) is 8.20. The average molecular weight is 285 g/mol. The van der Waals surface area contributed by atoms with Gasteiger partial charge in [-0.25, -0.2) is 0 Å². The highest BCUT2D eigenvalue weighted by molar-refractivity contribution is 7.98. The smallest absolute Gasteiger partial charge is 0.0292 e. The van der Waals surface area contributed by atoms with Crippen molar-refractivity contribution in [2.75, 3.05) is 6.54 Å². The zero-order valence-corrected chi connectivity index (χ0v) is 13.3. The largest absolute Gasteiger partial charge is 0.310 e. The maximum Gasteiger partial charge on any atom is 0.0292 e. The molecule has 20 heavy (non-hydrogen) atoms. The molecule has 0 aliphatic carbocycles. The number of hydrogen-bond acceptors (Lipinski definition) is 2. The van der Waals surface area contributed by atoms with E-state index in [1.165, 1.54) is 21.6 Å². The van der Waals surface area contributed by atoms with E-state index in [1.54, 1.807) is 0 Å². The van der Waals surface area contributed by atoms with Gasteiger partial charge in [-0.2, -0.15) is 0 Å². The van der Waals surface area contributed by atoms with E-state index in [9.17, 15) is 0 Å². The van der Waals surface area contributed by atoms with Crippen LogP contribution in [0.25, 0.3) is 0 Å². The van der Waals surface area contributed by atoms with Crippen LogP contribution in [0.15, 0.2) is 53.4 Å². The third-order valence-corrected chi connectivity index (χ3v) is 4.57. The predicted molar refractivity (Wildman–Crippen MR) is 89.3 cm³/mol. The van der Waals surface area contributed by atoms with E-state index in [0.717, 1.165) is 12.3 Å². The van der Waals surface area contributed by atoms with Crippen molar-refractivity contribution < 1.29 is 0 Å². The molecule has 0 saturated carbocycles. The highest BCUT2D eigenvalue weighted by Gasteiger charge is 2.05. The molecule has 0 aliphatic rings. The number of thioether (sulfide) groups is 1. The van der Waals surface area contributed by atoms with Gasteiger partial charge in [0.25, 0.3) is 0 Å². The molecule has 2 aromatic carbocycles. The second-order valence-electron chi connectivity index (χ2n) is 5.07. The van der Waals surface area contributed by atoms with Crippen molar-refractivity contribution >= 4 is 11.8 Å². The van der Waals surface area contributed by atoms with Crippen molar-refractivity contribution in [1.82, 2.24) is 5.32 Å². The molecular formula is C18H23NS. The number of hydrogen-bond donors (Lipinski definition) is 1. The number of rotatable bonds is 6. The summed E-state index contributed by atoms with van der Waals surface area (Å²) in [7, 11) is 0. The first-order valence-electron chi connectivity index (χ1n) is 7.21. The summed E-state index contributed by atoms with van der Waals surface area (Å²) in [6, 6.07) is 17.9. The minimum absolute atomic E-state index is 0.416. The van der Waals surface area contributed by atoms with E-state index in [2.05, 4.69) is 74.6 Å². The summed E-state index contributed by atoms with van der Waals surface area (Å²) in [6.45, 7) is 7.54. The lowest BCUT2D eigenvalue weighted by Gasteiger charge is -2.14. The van der Waals surface area contributed by atoms with E-state index in [0.29, 0.717) is 6.04 Å². The summed E-state index contributed by atoms with van der Waals surface area (Å²) in [5.74, 6) is 1.03. The normalized spacial score (nSPS) is 12.3. The van der Waals surface area contributed by atoms with E-state index >= 15 is 0 Å². The Morgan fingerprint density at radius 2 is 1.90 bits per heavy atom. The number of nitrogens with one attached hydrogen (secondary N) is 1. The van der Waals surface area contributed by atoms with Gasteiger partial charge in [0.2, 0.25) is 0 Å². The van der Waals surface area contributed by atoms with E-state index in [1.807, 2.05) is 11.8 Å². The van der Waals surface area contributed by atoms with Gasteiger partial charge in [0.05, 0.1) is 0 Å². The Morgan fingerprint density at radius 3 is 2.65 bits per heavy atom. The van der Waals surface area contributed by atoms with Crippen molar-refractivity contribution in [2.24, 2.45) is 0 Å². The molecule has 0 heterocycles. The summed E-state index contributed by atoms with van der Waals surface area (Å²) in [5.41, 5.74) is 4.15. The van der Waals surface area contributed by atoms with Crippen LogP contribution in [0.3, 0.4) is 0 Å².